The van der Waals surface area contributed by atoms with Gasteiger partial charge in [0.05, 0.1) is 17.8 Å². The van der Waals surface area contributed by atoms with Crippen LogP contribution >= 0.6 is 0 Å². The molecule has 2 aromatic rings. The van der Waals surface area contributed by atoms with Crippen LogP contribution in [0, 0.1) is 17.5 Å². The number of carbonyl (C=O) groups excluding carboxylic acids is 1. The Morgan fingerprint density at radius 2 is 1.96 bits per heavy atom. The van der Waals surface area contributed by atoms with E-state index in [-0.39, 0.29) is 29.9 Å². The normalized spacial score (nSPS) is 14.0. The van der Waals surface area contributed by atoms with Crippen molar-refractivity contribution < 1.29 is 27.9 Å². The van der Waals surface area contributed by atoms with Crippen LogP contribution in [0.25, 0.3) is 0 Å². The lowest BCUT2D eigenvalue weighted by molar-refractivity contribution is 0.0684. The minimum Gasteiger partial charge on any atom is -0.476 e. The molecule has 1 aromatic heterocycles. The molecule has 3 rings (SSSR count). The zero-order valence-corrected chi connectivity index (χ0v) is 11.8. The lowest BCUT2D eigenvalue weighted by Gasteiger charge is -2.13. The van der Waals surface area contributed by atoms with Crippen molar-refractivity contribution in [1.29, 1.82) is 0 Å². The number of hydrogen-bond donors (Lipinski definition) is 1. The van der Waals surface area contributed by atoms with Gasteiger partial charge in [-0.3, -0.25) is 9.48 Å². The Morgan fingerprint density at radius 1 is 1.22 bits per heavy atom. The second-order valence-electron chi connectivity index (χ2n) is 5.24. The highest BCUT2D eigenvalue weighted by molar-refractivity contribution is 6.06. The molecule has 5 nitrogen and oxygen atoms in total. The molecule has 0 saturated carbocycles. The molecule has 1 aliphatic rings. The SMILES string of the molecule is O=C(O)c1nn(Cc2ccc(F)c(F)c2F)c2c1C(=O)CCC2. The van der Waals surface area contributed by atoms with Crippen molar-refractivity contribution >= 4 is 11.8 Å². The molecular formula is C15H11F3N2O3. The molecule has 0 fully saturated rings. The average molecular weight is 324 g/mol. The number of aromatic carboxylic acids is 1. The van der Waals surface area contributed by atoms with Gasteiger partial charge in [-0.2, -0.15) is 5.10 Å². The molecule has 0 spiro atoms. The van der Waals surface area contributed by atoms with Gasteiger partial charge < -0.3 is 5.11 Å². The van der Waals surface area contributed by atoms with E-state index in [1.54, 1.807) is 0 Å². The highest BCUT2D eigenvalue weighted by atomic mass is 19.2. The fourth-order valence-corrected chi connectivity index (χ4v) is 2.72. The fourth-order valence-electron chi connectivity index (χ4n) is 2.72. The molecule has 0 radical (unpaired) electrons. The van der Waals surface area contributed by atoms with E-state index in [9.17, 15) is 22.8 Å². The summed E-state index contributed by atoms with van der Waals surface area (Å²) in [5.41, 5.74) is -0.175. The first-order valence-corrected chi connectivity index (χ1v) is 6.88. The summed E-state index contributed by atoms with van der Waals surface area (Å²) in [6.07, 6.45) is 1.15. The van der Waals surface area contributed by atoms with Crippen LogP contribution in [0.5, 0.6) is 0 Å². The van der Waals surface area contributed by atoms with E-state index >= 15 is 0 Å². The molecule has 1 heterocycles. The fraction of sp³-hybridized carbons (Fsp3) is 0.267. The topological polar surface area (TPSA) is 72.2 Å². The summed E-state index contributed by atoms with van der Waals surface area (Å²) in [7, 11) is 0. The van der Waals surface area contributed by atoms with Crippen LogP contribution in [-0.2, 0) is 13.0 Å². The van der Waals surface area contributed by atoms with Gasteiger partial charge in [-0.1, -0.05) is 6.07 Å². The molecule has 1 aliphatic carbocycles. The van der Waals surface area contributed by atoms with Crippen molar-refractivity contribution in [1.82, 2.24) is 9.78 Å². The summed E-state index contributed by atoms with van der Waals surface area (Å²) < 4.78 is 41.2. The van der Waals surface area contributed by atoms with Crippen LogP contribution in [0.1, 0.15) is 44.9 Å². The predicted molar refractivity (Wildman–Crippen MR) is 71.9 cm³/mol. The summed E-state index contributed by atoms with van der Waals surface area (Å²) >= 11 is 0. The van der Waals surface area contributed by atoms with Gasteiger partial charge in [-0.25, -0.2) is 18.0 Å². The van der Waals surface area contributed by atoms with Crippen molar-refractivity contribution in [3.8, 4) is 0 Å². The average Bonchev–Trinajstić information content (AvgIpc) is 2.88. The van der Waals surface area contributed by atoms with E-state index in [1.165, 1.54) is 4.68 Å². The lowest BCUT2D eigenvalue weighted by atomic mass is 9.94. The zero-order valence-electron chi connectivity index (χ0n) is 11.8. The quantitative estimate of drug-likeness (QED) is 0.881. The molecular weight excluding hydrogens is 313 g/mol. The number of fused-ring (bicyclic) bond motifs is 1. The van der Waals surface area contributed by atoms with Gasteiger partial charge >= 0.3 is 5.97 Å². The van der Waals surface area contributed by atoms with Crippen molar-refractivity contribution in [2.75, 3.05) is 0 Å². The summed E-state index contributed by atoms with van der Waals surface area (Å²) in [4.78, 5) is 23.2. The Balaban J connectivity index is 2.08. The van der Waals surface area contributed by atoms with E-state index in [2.05, 4.69) is 5.10 Å². The third-order valence-corrected chi connectivity index (χ3v) is 3.79. The van der Waals surface area contributed by atoms with Gasteiger partial charge in [-0.15, -0.1) is 0 Å². The molecule has 0 amide bonds. The number of aromatic nitrogens is 2. The minimum atomic E-state index is -1.60. The van der Waals surface area contributed by atoms with Gasteiger partial charge in [0.2, 0.25) is 0 Å². The highest BCUT2D eigenvalue weighted by Crippen LogP contribution is 2.26. The van der Waals surface area contributed by atoms with Gasteiger partial charge in [0.25, 0.3) is 0 Å². The Kier molecular flexibility index (Phi) is 3.67. The number of carboxylic acids is 1. The molecule has 0 bridgehead atoms. The van der Waals surface area contributed by atoms with Gasteiger partial charge in [0.1, 0.15) is 0 Å². The minimum absolute atomic E-state index is 0.0201. The molecule has 1 N–H and O–H groups in total. The van der Waals surface area contributed by atoms with Crippen LogP contribution in [0.2, 0.25) is 0 Å². The Hall–Kier alpha value is -2.64. The first-order chi connectivity index (χ1) is 10.9. The number of nitrogens with zero attached hydrogens (tertiary/aromatic N) is 2. The predicted octanol–water partition coefficient (Wildman–Crippen LogP) is 2.57. The van der Waals surface area contributed by atoms with E-state index in [4.69, 9.17) is 5.11 Å². The smallest absolute Gasteiger partial charge is 0.357 e. The Bertz CT molecular complexity index is 830. The number of Topliss-reactive ketones (excluding diaryl/α,β-unsaturated/α-hetero) is 1. The number of carbonyl (C=O) groups is 2. The second kappa shape index (κ2) is 5.53. The molecule has 0 aliphatic heterocycles. The van der Waals surface area contributed by atoms with Crippen LogP contribution in [0.3, 0.4) is 0 Å². The highest BCUT2D eigenvalue weighted by Gasteiger charge is 2.30. The van der Waals surface area contributed by atoms with E-state index < -0.39 is 29.1 Å². The van der Waals surface area contributed by atoms with Crippen LogP contribution in [-0.4, -0.2) is 26.6 Å². The summed E-state index contributed by atoms with van der Waals surface area (Å²) in [6, 6.07) is 1.85. The molecule has 0 atom stereocenters. The van der Waals surface area contributed by atoms with Crippen molar-refractivity contribution in [3.05, 3.63) is 52.1 Å². The Labute approximate surface area is 128 Å². The standard InChI is InChI=1S/C15H11F3N2O3/c16-8-5-4-7(12(17)13(8)18)6-20-9-2-1-3-10(21)11(9)14(19-20)15(22)23/h4-5H,1-3,6H2,(H,22,23). The third kappa shape index (κ3) is 2.49. The van der Waals surface area contributed by atoms with Gasteiger partial charge in [0.15, 0.2) is 28.9 Å². The molecule has 1 aromatic carbocycles. The van der Waals surface area contributed by atoms with E-state index in [0.717, 1.165) is 12.1 Å². The molecule has 120 valence electrons. The van der Waals surface area contributed by atoms with Crippen LogP contribution < -0.4 is 0 Å². The first-order valence-electron chi connectivity index (χ1n) is 6.88. The molecule has 0 saturated heterocycles. The summed E-state index contributed by atoms with van der Waals surface area (Å²) in [5, 5.41) is 13.0. The monoisotopic (exact) mass is 324 g/mol. The summed E-state index contributed by atoms with van der Waals surface area (Å²) in [5.74, 6) is -5.96. The Morgan fingerprint density at radius 3 is 2.65 bits per heavy atom. The number of carboxylic acid groups (broad SMARTS) is 1. The third-order valence-electron chi connectivity index (χ3n) is 3.79. The number of hydrogen-bond acceptors (Lipinski definition) is 3. The van der Waals surface area contributed by atoms with E-state index in [0.29, 0.717) is 18.5 Å². The van der Waals surface area contributed by atoms with Gasteiger partial charge in [0, 0.05) is 12.0 Å². The maximum Gasteiger partial charge on any atom is 0.357 e. The zero-order chi connectivity index (χ0) is 16.7. The number of ketones is 1. The molecule has 8 heteroatoms. The van der Waals surface area contributed by atoms with E-state index in [1.807, 2.05) is 0 Å². The van der Waals surface area contributed by atoms with Crippen LogP contribution in [0.15, 0.2) is 12.1 Å². The first kappa shape index (κ1) is 15.3. The number of benzene rings is 1. The summed E-state index contributed by atoms with van der Waals surface area (Å²) in [6.45, 7) is -0.286. The van der Waals surface area contributed by atoms with Crippen LogP contribution in [0.4, 0.5) is 13.2 Å². The van der Waals surface area contributed by atoms with Gasteiger partial charge in [-0.05, 0) is 18.9 Å². The number of rotatable bonds is 3. The maximum absolute atomic E-state index is 13.8. The van der Waals surface area contributed by atoms with Crippen molar-refractivity contribution in [3.63, 3.8) is 0 Å². The maximum atomic E-state index is 13.8. The number of halogens is 3. The second-order valence-corrected chi connectivity index (χ2v) is 5.24. The largest absolute Gasteiger partial charge is 0.476 e. The lowest BCUT2D eigenvalue weighted by Crippen LogP contribution is -2.16. The van der Waals surface area contributed by atoms with Crippen molar-refractivity contribution in [2.45, 2.75) is 25.8 Å². The molecule has 0 unspecified atom stereocenters. The van der Waals surface area contributed by atoms with Crippen molar-refractivity contribution in [2.24, 2.45) is 0 Å². The molecule has 23 heavy (non-hydrogen) atoms.